The van der Waals surface area contributed by atoms with Crippen LogP contribution in [-0.4, -0.2) is 35.2 Å². The number of benzene rings is 3. The normalized spacial score (nSPS) is 11.2. The fourth-order valence-corrected chi connectivity index (χ4v) is 4.50. The first-order valence-corrected chi connectivity index (χ1v) is 11.6. The third-order valence-corrected chi connectivity index (χ3v) is 6.24. The Bertz CT molecular complexity index is 1580. The van der Waals surface area contributed by atoms with Crippen molar-refractivity contribution in [3.63, 3.8) is 0 Å². The van der Waals surface area contributed by atoms with E-state index in [9.17, 15) is 0 Å². The molecule has 0 saturated heterocycles. The summed E-state index contributed by atoms with van der Waals surface area (Å²) in [6, 6.07) is 29.2. The molecule has 35 heavy (non-hydrogen) atoms. The second-order valence-corrected chi connectivity index (χ2v) is 8.38. The lowest BCUT2D eigenvalue weighted by Crippen LogP contribution is -2.04. The molecule has 3 aromatic carbocycles. The number of imidazole rings is 1. The molecule has 0 bridgehead atoms. The van der Waals surface area contributed by atoms with Gasteiger partial charge in [-0.15, -0.1) is 5.10 Å². The van der Waals surface area contributed by atoms with Gasteiger partial charge in [0.1, 0.15) is 5.82 Å². The number of aromatic amines is 1. The topological polar surface area (TPSA) is 85.2 Å². The second kappa shape index (κ2) is 8.95. The number of aryl methyl sites for hydroxylation is 1. The third kappa shape index (κ3) is 3.97. The molecule has 0 aliphatic heterocycles. The minimum Gasteiger partial charge on any atom is -0.323 e. The SMILES string of the molecule is CCc1nc2ccc(-c3ccccn3)cc2n1Cc1ccc(-c2ccccc2-c2nnn[nH]2)cc1. The third-order valence-electron chi connectivity index (χ3n) is 6.24. The molecule has 6 aromatic rings. The summed E-state index contributed by atoms with van der Waals surface area (Å²) in [6.45, 7) is 2.90. The molecule has 7 heteroatoms. The number of aromatic nitrogens is 7. The Morgan fingerprint density at radius 1 is 0.829 bits per heavy atom. The molecule has 6 rings (SSSR count). The van der Waals surface area contributed by atoms with Crippen LogP contribution in [0.25, 0.3) is 44.8 Å². The maximum Gasteiger partial charge on any atom is 0.180 e. The number of fused-ring (bicyclic) bond motifs is 1. The highest BCUT2D eigenvalue weighted by Gasteiger charge is 2.13. The van der Waals surface area contributed by atoms with Gasteiger partial charge in [0.25, 0.3) is 0 Å². The summed E-state index contributed by atoms with van der Waals surface area (Å²) in [5.74, 6) is 1.73. The summed E-state index contributed by atoms with van der Waals surface area (Å²) < 4.78 is 2.31. The fraction of sp³-hybridized carbons (Fsp3) is 0.107. The Labute approximate surface area is 202 Å². The van der Waals surface area contributed by atoms with Crippen LogP contribution < -0.4 is 0 Å². The van der Waals surface area contributed by atoms with Crippen molar-refractivity contribution < 1.29 is 0 Å². The van der Waals surface area contributed by atoms with Crippen molar-refractivity contribution in [3.05, 3.63) is 103 Å². The molecule has 1 N–H and O–H groups in total. The molecule has 170 valence electrons. The molecule has 3 aromatic heterocycles. The summed E-state index contributed by atoms with van der Waals surface area (Å²) in [5, 5.41) is 14.4. The standard InChI is InChI=1S/C28H23N7/c1-2-27-30-25-15-14-21(24-9-5-6-16-29-24)17-26(25)35(27)18-19-10-12-20(13-11-19)22-7-3-4-8-23(22)28-31-33-34-32-28/h3-17H,2,18H2,1H3,(H,31,32,33,34). The van der Waals surface area contributed by atoms with Crippen molar-refractivity contribution in [1.29, 1.82) is 0 Å². The van der Waals surface area contributed by atoms with Gasteiger partial charge in [-0.1, -0.05) is 67.6 Å². The quantitative estimate of drug-likeness (QED) is 0.354. The van der Waals surface area contributed by atoms with E-state index in [-0.39, 0.29) is 0 Å². The van der Waals surface area contributed by atoms with Gasteiger partial charge >= 0.3 is 0 Å². The summed E-state index contributed by atoms with van der Waals surface area (Å²) in [6.07, 6.45) is 2.69. The Kier molecular flexibility index (Phi) is 5.35. The van der Waals surface area contributed by atoms with Gasteiger partial charge in [0.15, 0.2) is 5.82 Å². The number of nitrogens with zero attached hydrogens (tertiary/aromatic N) is 6. The van der Waals surface area contributed by atoms with Crippen LogP contribution in [0, 0.1) is 0 Å². The summed E-state index contributed by atoms with van der Waals surface area (Å²) >= 11 is 0. The molecular formula is C28H23N7. The van der Waals surface area contributed by atoms with E-state index in [1.807, 2.05) is 42.6 Å². The lowest BCUT2D eigenvalue weighted by atomic mass is 9.98. The van der Waals surface area contributed by atoms with Gasteiger partial charge in [0, 0.05) is 30.3 Å². The van der Waals surface area contributed by atoms with Crippen LogP contribution in [0.4, 0.5) is 0 Å². The molecule has 0 aliphatic carbocycles. The van der Waals surface area contributed by atoms with E-state index < -0.39 is 0 Å². The number of hydrogen-bond donors (Lipinski definition) is 1. The van der Waals surface area contributed by atoms with Gasteiger partial charge in [-0.3, -0.25) is 4.98 Å². The van der Waals surface area contributed by atoms with Gasteiger partial charge in [0.05, 0.1) is 16.7 Å². The van der Waals surface area contributed by atoms with E-state index in [1.54, 1.807) is 0 Å². The Morgan fingerprint density at radius 3 is 2.37 bits per heavy atom. The van der Waals surface area contributed by atoms with E-state index in [1.165, 1.54) is 5.56 Å². The first kappa shape index (κ1) is 20.9. The van der Waals surface area contributed by atoms with E-state index in [4.69, 9.17) is 4.98 Å². The molecule has 0 radical (unpaired) electrons. The predicted octanol–water partition coefficient (Wildman–Crippen LogP) is 5.56. The highest BCUT2D eigenvalue weighted by Crippen LogP contribution is 2.30. The van der Waals surface area contributed by atoms with Gasteiger partial charge < -0.3 is 4.57 Å². The first-order chi connectivity index (χ1) is 17.3. The van der Waals surface area contributed by atoms with Crippen LogP contribution in [0.2, 0.25) is 0 Å². The van der Waals surface area contributed by atoms with Gasteiger partial charge in [0.2, 0.25) is 0 Å². The average Bonchev–Trinajstić information content (AvgIpc) is 3.58. The molecule has 0 unspecified atom stereocenters. The Balaban J connectivity index is 1.35. The Morgan fingerprint density at radius 2 is 1.63 bits per heavy atom. The lowest BCUT2D eigenvalue weighted by molar-refractivity contribution is 0.753. The molecule has 7 nitrogen and oxygen atoms in total. The monoisotopic (exact) mass is 457 g/mol. The highest BCUT2D eigenvalue weighted by atomic mass is 15.5. The summed E-state index contributed by atoms with van der Waals surface area (Å²) in [5.41, 5.74) is 8.57. The van der Waals surface area contributed by atoms with Gasteiger partial charge in [-0.2, -0.15) is 0 Å². The van der Waals surface area contributed by atoms with Crippen LogP contribution in [0.3, 0.4) is 0 Å². The molecular weight excluding hydrogens is 434 g/mol. The molecule has 0 aliphatic rings. The zero-order valence-corrected chi connectivity index (χ0v) is 19.3. The largest absolute Gasteiger partial charge is 0.323 e. The van der Waals surface area contributed by atoms with E-state index in [0.29, 0.717) is 5.82 Å². The van der Waals surface area contributed by atoms with Crippen LogP contribution >= 0.6 is 0 Å². The minimum absolute atomic E-state index is 0.658. The molecule has 0 spiro atoms. The number of tetrazole rings is 1. The lowest BCUT2D eigenvalue weighted by Gasteiger charge is -2.11. The summed E-state index contributed by atoms with van der Waals surface area (Å²) in [4.78, 5) is 9.40. The van der Waals surface area contributed by atoms with Gasteiger partial charge in [-0.05, 0) is 51.4 Å². The van der Waals surface area contributed by atoms with Crippen LogP contribution in [0.15, 0.2) is 91.1 Å². The van der Waals surface area contributed by atoms with Crippen molar-refractivity contribution in [3.8, 4) is 33.8 Å². The van der Waals surface area contributed by atoms with Crippen LogP contribution in [0.1, 0.15) is 18.3 Å². The molecule has 0 fully saturated rings. The van der Waals surface area contributed by atoms with Gasteiger partial charge in [-0.25, -0.2) is 10.1 Å². The minimum atomic E-state index is 0.658. The summed E-state index contributed by atoms with van der Waals surface area (Å²) in [7, 11) is 0. The average molecular weight is 458 g/mol. The van der Waals surface area contributed by atoms with E-state index in [0.717, 1.165) is 57.8 Å². The van der Waals surface area contributed by atoms with Crippen molar-refractivity contribution in [1.82, 2.24) is 35.2 Å². The Hall–Kier alpha value is -4.65. The molecule has 3 heterocycles. The molecule has 0 saturated carbocycles. The molecule has 0 atom stereocenters. The second-order valence-electron chi connectivity index (χ2n) is 8.38. The number of H-pyrrole nitrogens is 1. The number of pyridine rings is 1. The zero-order chi connectivity index (χ0) is 23.6. The predicted molar refractivity (Wildman–Crippen MR) is 136 cm³/mol. The maximum absolute atomic E-state index is 4.89. The number of rotatable bonds is 6. The van der Waals surface area contributed by atoms with Crippen molar-refractivity contribution in [2.45, 2.75) is 19.9 Å². The highest BCUT2D eigenvalue weighted by molar-refractivity contribution is 5.82. The molecule has 0 amide bonds. The number of hydrogen-bond acceptors (Lipinski definition) is 5. The van der Waals surface area contributed by atoms with Crippen LogP contribution in [0.5, 0.6) is 0 Å². The maximum atomic E-state index is 4.89. The van der Waals surface area contributed by atoms with E-state index in [2.05, 4.69) is 85.6 Å². The number of nitrogens with one attached hydrogen (secondary N) is 1. The van der Waals surface area contributed by atoms with Crippen molar-refractivity contribution in [2.75, 3.05) is 0 Å². The smallest absolute Gasteiger partial charge is 0.180 e. The van der Waals surface area contributed by atoms with E-state index >= 15 is 0 Å². The first-order valence-electron chi connectivity index (χ1n) is 11.6. The van der Waals surface area contributed by atoms with Crippen molar-refractivity contribution >= 4 is 11.0 Å². The van der Waals surface area contributed by atoms with Crippen LogP contribution in [-0.2, 0) is 13.0 Å². The fourth-order valence-electron chi connectivity index (χ4n) is 4.50. The van der Waals surface area contributed by atoms with Crippen molar-refractivity contribution in [2.24, 2.45) is 0 Å². The zero-order valence-electron chi connectivity index (χ0n) is 19.3.